The number of carbonyl (C=O) groups is 1. The zero-order valence-corrected chi connectivity index (χ0v) is 18.0. The minimum absolute atomic E-state index is 0. The molecular formula is C19H24Cl3N5O2. The van der Waals surface area contributed by atoms with Crippen LogP contribution in [-0.4, -0.2) is 45.1 Å². The van der Waals surface area contributed by atoms with E-state index in [-0.39, 0.29) is 24.8 Å². The van der Waals surface area contributed by atoms with Gasteiger partial charge in [-0.25, -0.2) is 10.5 Å². The topological polar surface area (TPSA) is 90.4 Å². The zero-order chi connectivity index (χ0) is 19.1. The Kier molecular flexibility index (Phi) is 10.9. The fourth-order valence-electron chi connectivity index (χ4n) is 3.12. The number of rotatable bonds is 6. The summed E-state index contributed by atoms with van der Waals surface area (Å²) in [5.74, 6) is 0.0920. The van der Waals surface area contributed by atoms with Gasteiger partial charge in [0.15, 0.2) is 0 Å². The van der Waals surface area contributed by atoms with Gasteiger partial charge in [0.2, 0.25) is 0 Å². The van der Waals surface area contributed by atoms with Crippen molar-refractivity contribution in [3.05, 3.63) is 59.0 Å². The molecule has 2 aromatic rings. The highest BCUT2D eigenvalue weighted by Crippen LogP contribution is 2.18. The molecule has 1 aromatic heterocycles. The fourth-order valence-corrected chi connectivity index (χ4v) is 3.33. The molecule has 1 aliphatic rings. The molecular weight excluding hydrogens is 437 g/mol. The number of nitrogens with zero attached hydrogens (tertiary/aromatic N) is 3. The monoisotopic (exact) mass is 459 g/mol. The van der Waals surface area contributed by atoms with Crippen LogP contribution in [0.25, 0.3) is 6.08 Å². The Hall–Kier alpha value is -1.90. The highest BCUT2D eigenvalue weighted by Gasteiger charge is 2.20. The van der Waals surface area contributed by atoms with E-state index >= 15 is 0 Å². The highest BCUT2D eigenvalue weighted by atomic mass is 35.5. The smallest absolute Gasteiger partial charge is 0.267 e. The molecule has 2 heterocycles. The number of hydrogen-bond donors (Lipinski definition) is 3. The molecule has 1 aromatic carbocycles. The molecule has 3 rings (SSSR count). The van der Waals surface area contributed by atoms with Crippen molar-refractivity contribution in [2.45, 2.75) is 25.4 Å². The molecule has 1 saturated heterocycles. The number of carbonyl (C=O) groups excluding carboxylic acids is 1. The number of hydroxylamine groups is 1. The normalized spacial score (nSPS) is 16.6. The Labute approximate surface area is 187 Å². The van der Waals surface area contributed by atoms with Crippen molar-refractivity contribution in [1.82, 2.24) is 20.3 Å². The Balaban J connectivity index is 0.00000210. The third kappa shape index (κ3) is 8.16. The van der Waals surface area contributed by atoms with Gasteiger partial charge in [-0.3, -0.25) is 19.9 Å². The van der Waals surface area contributed by atoms with Crippen LogP contribution in [0.15, 0.2) is 42.7 Å². The number of amides is 1. The van der Waals surface area contributed by atoms with E-state index in [4.69, 9.17) is 16.8 Å². The summed E-state index contributed by atoms with van der Waals surface area (Å²) in [7, 11) is 0. The minimum atomic E-state index is -0.610. The van der Waals surface area contributed by atoms with E-state index in [9.17, 15) is 4.79 Å². The van der Waals surface area contributed by atoms with Crippen molar-refractivity contribution in [3.63, 3.8) is 0 Å². The maximum atomic E-state index is 11.0. The number of nitrogens with one attached hydrogen (secondary N) is 2. The van der Waals surface area contributed by atoms with Crippen LogP contribution in [0.5, 0.6) is 0 Å². The maximum Gasteiger partial charge on any atom is 0.267 e. The van der Waals surface area contributed by atoms with Gasteiger partial charge in [0.05, 0.1) is 18.1 Å². The summed E-state index contributed by atoms with van der Waals surface area (Å²) < 4.78 is 0. The van der Waals surface area contributed by atoms with E-state index in [1.807, 2.05) is 18.2 Å². The van der Waals surface area contributed by atoms with Crippen LogP contribution in [0.2, 0.25) is 5.02 Å². The third-order valence-corrected chi connectivity index (χ3v) is 4.58. The van der Waals surface area contributed by atoms with E-state index in [1.54, 1.807) is 12.4 Å². The van der Waals surface area contributed by atoms with Crippen molar-refractivity contribution in [2.75, 3.05) is 18.4 Å². The van der Waals surface area contributed by atoms with Gasteiger partial charge >= 0.3 is 0 Å². The molecule has 1 atom stereocenters. The molecule has 0 unspecified atom stereocenters. The Morgan fingerprint density at radius 3 is 2.83 bits per heavy atom. The number of benzene rings is 1. The fraction of sp³-hybridized carbons (Fsp3) is 0.316. The first kappa shape index (κ1) is 25.1. The number of piperidine rings is 1. The van der Waals surface area contributed by atoms with Gasteiger partial charge in [-0.05, 0) is 43.2 Å². The lowest BCUT2D eigenvalue weighted by Crippen LogP contribution is -2.41. The van der Waals surface area contributed by atoms with E-state index in [0.29, 0.717) is 17.6 Å². The third-order valence-electron chi connectivity index (χ3n) is 4.34. The van der Waals surface area contributed by atoms with Crippen molar-refractivity contribution >= 4 is 54.2 Å². The highest BCUT2D eigenvalue weighted by molar-refractivity contribution is 6.30. The Morgan fingerprint density at radius 2 is 2.14 bits per heavy atom. The van der Waals surface area contributed by atoms with E-state index in [2.05, 4.69) is 26.3 Å². The number of hydrogen-bond acceptors (Lipinski definition) is 6. The van der Waals surface area contributed by atoms with Crippen LogP contribution in [-0.2, 0) is 11.3 Å². The molecule has 1 aliphatic heterocycles. The predicted molar refractivity (Wildman–Crippen MR) is 119 cm³/mol. The SMILES string of the molecule is Cl.Cl.O=C(/C=C/c1cnc(N[C@@H]2CCCN(Cc3cccc(Cl)c3)C2)cn1)NO. The average Bonchev–Trinajstić information content (AvgIpc) is 2.67. The Bertz CT molecular complexity index is 805. The lowest BCUT2D eigenvalue weighted by Gasteiger charge is -2.33. The minimum Gasteiger partial charge on any atom is -0.365 e. The van der Waals surface area contributed by atoms with Crippen molar-refractivity contribution < 1.29 is 10.0 Å². The molecule has 0 bridgehead atoms. The van der Waals surface area contributed by atoms with Crippen LogP contribution >= 0.6 is 36.4 Å². The summed E-state index contributed by atoms with van der Waals surface area (Å²) in [5, 5.41) is 12.7. The largest absolute Gasteiger partial charge is 0.365 e. The van der Waals surface area contributed by atoms with Crippen LogP contribution in [0.3, 0.4) is 0 Å². The second kappa shape index (κ2) is 12.6. The molecule has 29 heavy (non-hydrogen) atoms. The lowest BCUT2D eigenvalue weighted by molar-refractivity contribution is -0.124. The molecule has 7 nitrogen and oxygen atoms in total. The number of aromatic nitrogens is 2. The number of anilines is 1. The van der Waals surface area contributed by atoms with Gasteiger partial charge < -0.3 is 5.32 Å². The van der Waals surface area contributed by atoms with Crippen LogP contribution < -0.4 is 10.8 Å². The number of halogens is 3. The lowest BCUT2D eigenvalue weighted by atomic mass is 10.0. The summed E-state index contributed by atoms with van der Waals surface area (Å²) in [6.07, 6.45) is 8.08. The summed E-state index contributed by atoms with van der Waals surface area (Å²) in [6.45, 7) is 2.86. The molecule has 158 valence electrons. The molecule has 3 N–H and O–H groups in total. The van der Waals surface area contributed by atoms with Gasteiger partial charge in [-0.15, -0.1) is 24.8 Å². The molecule has 1 amide bonds. The Morgan fingerprint density at radius 1 is 1.31 bits per heavy atom. The standard InChI is InChI=1S/C19H22ClN5O2.2ClH/c20-15-4-1-3-14(9-15)12-25-8-2-5-17(13-25)23-18-11-21-16(10-22-18)6-7-19(26)24-27;;/h1,3-4,6-7,9-11,17,27H,2,5,8,12-13H2,(H,22,23)(H,24,26);2*1H/b7-6+;;/t17-;;/m1../s1. The first-order valence-electron chi connectivity index (χ1n) is 8.80. The second-order valence-corrected chi connectivity index (χ2v) is 6.92. The van der Waals surface area contributed by atoms with Crippen molar-refractivity contribution in [2.24, 2.45) is 0 Å². The zero-order valence-electron chi connectivity index (χ0n) is 15.6. The van der Waals surface area contributed by atoms with Crippen molar-refractivity contribution in [3.8, 4) is 0 Å². The van der Waals surface area contributed by atoms with Gasteiger partial charge in [-0.2, -0.15) is 0 Å². The first-order chi connectivity index (χ1) is 13.1. The predicted octanol–water partition coefficient (Wildman–Crippen LogP) is 3.57. The summed E-state index contributed by atoms with van der Waals surface area (Å²) in [4.78, 5) is 22.0. The van der Waals surface area contributed by atoms with Crippen molar-refractivity contribution in [1.29, 1.82) is 0 Å². The molecule has 0 aliphatic carbocycles. The average molecular weight is 461 g/mol. The van der Waals surface area contributed by atoms with E-state index in [1.165, 1.54) is 23.2 Å². The second-order valence-electron chi connectivity index (χ2n) is 6.48. The maximum absolute atomic E-state index is 11.0. The molecule has 10 heteroatoms. The first-order valence-corrected chi connectivity index (χ1v) is 9.18. The van der Waals surface area contributed by atoms with Crippen LogP contribution in [0.1, 0.15) is 24.1 Å². The van der Waals surface area contributed by atoms with E-state index in [0.717, 1.165) is 37.5 Å². The molecule has 0 spiro atoms. The molecule has 1 fully saturated rings. The van der Waals surface area contributed by atoms with E-state index < -0.39 is 5.91 Å². The van der Waals surface area contributed by atoms with Gasteiger partial charge in [0.25, 0.3) is 5.91 Å². The van der Waals surface area contributed by atoms with Gasteiger partial charge in [-0.1, -0.05) is 23.7 Å². The summed E-state index contributed by atoms with van der Waals surface area (Å²) in [5.41, 5.74) is 3.28. The van der Waals surface area contributed by atoms with Gasteiger partial charge in [0.1, 0.15) is 5.82 Å². The number of likely N-dealkylation sites (tertiary alicyclic amines) is 1. The summed E-state index contributed by atoms with van der Waals surface area (Å²) >= 11 is 6.07. The van der Waals surface area contributed by atoms with Crippen LogP contribution in [0.4, 0.5) is 5.82 Å². The molecule has 0 saturated carbocycles. The molecule has 0 radical (unpaired) electrons. The quantitative estimate of drug-likeness (QED) is 0.347. The van der Waals surface area contributed by atoms with Crippen LogP contribution in [0, 0.1) is 0 Å². The van der Waals surface area contributed by atoms with Gasteiger partial charge in [0, 0.05) is 30.2 Å². The summed E-state index contributed by atoms with van der Waals surface area (Å²) in [6, 6.07) is 8.27.